The zero-order valence-corrected chi connectivity index (χ0v) is 32.5. The first-order chi connectivity index (χ1) is 21.0. The van der Waals surface area contributed by atoms with E-state index in [1.807, 2.05) is 0 Å². The van der Waals surface area contributed by atoms with Crippen molar-refractivity contribution in [3.63, 3.8) is 0 Å². The van der Waals surface area contributed by atoms with Crippen molar-refractivity contribution >= 4 is 83.8 Å². The molecule has 2 atom stereocenters. The molecule has 0 radical (unpaired) electrons. The van der Waals surface area contributed by atoms with Gasteiger partial charge in [-0.2, -0.15) is 9.81 Å². The summed E-state index contributed by atoms with van der Waals surface area (Å²) in [4.78, 5) is 3.79. The number of rotatable bonds is 10. The Hall–Kier alpha value is -1.57. The summed E-state index contributed by atoms with van der Waals surface area (Å²) >= 11 is 25.2. The number of hydrogen-bond donors (Lipinski definition) is 0. The Balaban J connectivity index is 0.000000311. The fourth-order valence-corrected chi connectivity index (χ4v) is 6.89. The van der Waals surface area contributed by atoms with Crippen LogP contribution in [0, 0.1) is 13.8 Å². The fraction of sp³-hybridized carbons (Fsp3) is 0.263. The third-order valence-corrected chi connectivity index (χ3v) is 11.8. The number of benzene rings is 4. The molecule has 2 unspecified atom stereocenters. The van der Waals surface area contributed by atoms with Crippen LogP contribution in [-0.4, -0.2) is 0 Å². The molecule has 242 valence electrons. The molecule has 0 fully saturated rings. The molecule has 45 heavy (non-hydrogen) atoms. The predicted molar refractivity (Wildman–Crippen MR) is 208 cm³/mol. The predicted octanol–water partition coefficient (Wildman–Crippen LogP) is 12.0. The van der Waals surface area contributed by atoms with Crippen LogP contribution in [0.25, 0.3) is 9.81 Å². The minimum atomic E-state index is 0. The third kappa shape index (κ3) is 12.5. The van der Waals surface area contributed by atoms with E-state index in [2.05, 4.69) is 139 Å². The summed E-state index contributed by atoms with van der Waals surface area (Å²) in [5.41, 5.74) is 7.27. The summed E-state index contributed by atoms with van der Waals surface area (Å²) in [6.07, 6.45) is 2.29. The first kappa shape index (κ1) is 39.6. The SMILES string of the molecule is CCC(C)c1ccc(/C([S-])=C(/[S-])c2ccc(C(C)CC)cc2)cc1.Cc1ccc(S/C([S-])=C(/[S-])Sc2ccc(C)cc2)cc1.[Ni]. The second-order valence-electron chi connectivity index (χ2n) is 10.9. The minimum absolute atomic E-state index is 0. The van der Waals surface area contributed by atoms with E-state index < -0.39 is 0 Å². The van der Waals surface area contributed by atoms with Crippen molar-refractivity contribution in [1.82, 2.24) is 0 Å². The molecule has 0 saturated carbocycles. The summed E-state index contributed by atoms with van der Waals surface area (Å²) in [5.74, 6) is 1.15. The Kier molecular flexibility index (Phi) is 17.6. The van der Waals surface area contributed by atoms with E-state index in [-0.39, 0.29) is 16.5 Å². The normalized spacial score (nSPS) is 13.3. The van der Waals surface area contributed by atoms with Crippen LogP contribution >= 0.6 is 23.5 Å². The number of thioether (sulfide) groups is 2. The van der Waals surface area contributed by atoms with E-state index in [1.165, 1.54) is 22.3 Å². The van der Waals surface area contributed by atoms with Crippen LogP contribution < -0.4 is 0 Å². The van der Waals surface area contributed by atoms with E-state index in [1.54, 1.807) is 23.5 Å². The maximum Gasteiger partial charge on any atom is 0.0101 e. The van der Waals surface area contributed by atoms with E-state index in [4.69, 9.17) is 50.5 Å². The van der Waals surface area contributed by atoms with Crippen LogP contribution in [0.15, 0.2) is 115 Å². The van der Waals surface area contributed by atoms with E-state index in [9.17, 15) is 0 Å². The minimum Gasteiger partial charge on any atom is -0.781 e. The Bertz CT molecular complexity index is 1410. The van der Waals surface area contributed by atoms with Gasteiger partial charge < -0.3 is 50.5 Å². The molecule has 0 aromatic heterocycles. The van der Waals surface area contributed by atoms with Crippen molar-refractivity contribution in [3.8, 4) is 0 Å². The molecule has 4 rings (SSSR count). The van der Waals surface area contributed by atoms with Crippen LogP contribution in [0.2, 0.25) is 0 Å². The van der Waals surface area contributed by atoms with Crippen molar-refractivity contribution in [3.05, 3.63) is 139 Å². The van der Waals surface area contributed by atoms with Crippen LogP contribution in [0.3, 0.4) is 0 Å². The van der Waals surface area contributed by atoms with Crippen molar-refractivity contribution in [2.75, 3.05) is 0 Å². The van der Waals surface area contributed by atoms with Crippen LogP contribution in [-0.2, 0) is 67.0 Å². The Morgan fingerprint density at radius 1 is 0.511 bits per heavy atom. The van der Waals surface area contributed by atoms with Crippen molar-refractivity contribution in [2.45, 2.75) is 76.0 Å². The summed E-state index contributed by atoms with van der Waals surface area (Å²) in [5, 5.41) is 0. The third-order valence-electron chi connectivity index (χ3n) is 7.54. The van der Waals surface area contributed by atoms with Gasteiger partial charge in [0.2, 0.25) is 0 Å². The zero-order chi connectivity index (χ0) is 32.2. The average Bonchev–Trinajstić information content (AvgIpc) is 3.05. The molecule has 0 spiro atoms. The van der Waals surface area contributed by atoms with Gasteiger partial charge in [-0.1, -0.05) is 112 Å². The van der Waals surface area contributed by atoms with Crippen LogP contribution in [0.4, 0.5) is 0 Å². The summed E-state index contributed by atoms with van der Waals surface area (Å²) < 4.78 is 1.52. The largest absolute Gasteiger partial charge is 0.781 e. The molecule has 0 heterocycles. The molecular formula is C38H40NiS6-4. The van der Waals surface area contributed by atoms with Gasteiger partial charge in [0.05, 0.1) is 0 Å². The Morgan fingerprint density at radius 3 is 1.07 bits per heavy atom. The molecule has 0 nitrogen and oxygen atoms in total. The molecule has 0 aliphatic heterocycles. The van der Waals surface area contributed by atoms with Crippen LogP contribution in [0.5, 0.6) is 0 Å². The topological polar surface area (TPSA) is 0 Å². The second-order valence-corrected chi connectivity index (χ2v) is 15.2. The van der Waals surface area contributed by atoms with Gasteiger partial charge in [0.15, 0.2) is 0 Å². The molecule has 4 aromatic carbocycles. The second kappa shape index (κ2) is 19.9. The van der Waals surface area contributed by atoms with Gasteiger partial charge in [0.25, 0.3) is 0 Å². The molecule has 4 aromatic rings. The molecule has 0 aliphatic rings. The van der Waals surface area contributed by atoms with Gasteiger partial charge in [-0.15, -0.1) is 32.0 Å². The van der Waals surface area contributed by atoms with Gasteiger partial charge in [0.1, 0.15) is 0 Å². The van der Waals surface area contributed by atoms with Gasteiger partial charge in [0, 0.05) is 26.3 Å². The van der Waals surface area contributed by atoms with Gasteiger partial charge >= 0.3 is 0 Å². The first-order valence-corrected chi connectivity index (χ1v) is 18.1. The monoisotopic (exact) mass is 746 g/mol. The molecule has 7 heteroatoms. The summed E-state index contributed by atoms with van der Waals surface area (Å²) in [6, 6.07) is 33.7. The van der Waals surface area contributed by atoms with E-state index in [0.717, 1.165) is 52.0 Å². The first-order valence-electron chi connectivity index (χ1n) is 14.9. The Morgan fingerprint density at radius 2 is 0.800 bits per heavy atom. The van der Waals surface area contributed by atoms with E-state index >= 15 is 0 Å². The smallest absolute Gasteiger partial charge is 0.0101 e. The van der Waals surface area contributed by atoms with Crippen LogP contribution in [0.1, 0.15) is 85.8 Å². The molecule has 0 amide bonds. The number of hydrogen-bond acceptors (Lipinski definition) is 6. The standard InChI is InChI=1S/C22H28S2.C16H16S4.Ni/c1-5-15(3)17-7-11-19(12-8-17)21(23)22(24)20-13-9-18(10-14-20)16(4)6-2;1-11-3-7-13(8-4-11)19-15(17)16(18)20-14-9-5-12(2)6-10-14;/h7-16,23-24H,5-6H2,1-4H3;3-10,17-18H,1-2H3;/p-4/b22-21-;16-15-;. The molecule has 0 N–H and O–H groups in total. The molecule has 0 saturated heterocycles. The van der Waals surface area contributed by atoms with Gasteiger partial charge in [-0.05, 0) is 85.0 Å². The molecular weight excluding hydrogens is 708 g/mol. The van der Waals surface area contributed by atoms with Crippen molar-refractivity contribution in [2.24, 2.45) is 0 Å². The average molecular weight is 748 g/mol. The number of aryl methyl sites for hydroxylation is 2. The van der Waals surface area contributed by atoms with Crippen molar-refractivity contribution < 1.29 is 16.5 Å². The van der Waals surface area contributed by atoms with Gasteiger partial charge in [-0.25, -0.2) is 0 Å². The zero-order valence-electron chi connectivity index (χ0n) is 26.6. The molecule has 0 bridgehead atoms. The Labute approximate surface area is 312 Å². The fourth-order valence-electron chi connectivity index (χ4n) is 4.17. The summed E-state index contributed by atoms with van der Waals surface area (Å²) in [6.45, 7) is 13.1. The maximum absolute atomic E-state index is 5.63. The molecule has 0 aliphatic carbocycles. The van der Waals surface area contributed by atoms with Crippen molar-refractivity contribution in [1.29, 1.82) is 0 Å². The quantitative estimate of drug-likeness (QED) is 0.0681. The maximum atomic E-state index is 5.63. The van der Waals surface area contributed by atoms with Gasteiger partial charge in [-0.3, -0.25) is 0 Å². The summed E-state index contributed by atoms with van der Waals surface area (Å²) in [7, 11) is 0. The van der Waals surface area contributed by atoms with E-state index in [0.29, 0.717) is 11.8 Å².